The summed E-state index contributed by atoms with van der Waals surface area (Å²) in [5.74, 6) is 3.55. The summed E-state index contributed by atoms with van der Waals surface area (Å²) in [6.45, 7) is 10.9. The van der Waals surface area contributed by atoms with E-state index < -0.39 is 0 Å². The first-order valence-electron chi connectivity index (χ1n) is 10.6. The number of aliphatic hydroxyl groups is 1. The van der Waals surface area contributed by atoms with Gasteiger partial charge in [0, 0.05) is 11.3 Å². The summed E-state index contributed by atoms with van der Waals surface area (Å²) in [7, 11) is 0. The Hall–Kier alpha value is -0.630. The van der Waals surface area contributed by atoms with E-state index in [1.807, 2.05) is 6.92 Å². The van der Waals surface area contributed by atoms with Crippen LogP contribution < -0.4 is 0 Å². The molecule has 0 radical (unpaired) electrons. The second-order valence-corrected chi connectivity index (χ2v) is 10.2. The van der Waals surface area contributed by atoms with Crippen LogP contribution in [-0.2, 0) is 4.79 Å². The summed E-state index contributed by atoms with van der Waals surface area (Å²) in [6.07, 6.45) is 10.5. The minimum atomic E-state index is -0.0682. The Morgan fingerprint density at radius 3 is 2.44 bits per heavy atom. The van der Waals surface area contributed by atoms with E-state index in [0.29, 0.717) is 23.0 Å². The SMILES string of the molecule is C=C(C)C12CC[C@H]3[C@@H](CC[C@H]4C[C@H](O)CC[C@@]43C)[C@@H]1CC[C@@H]2C(C)=O. The smallest absolute Gasteiger partial charge is 0.133 e. The molecule has 1 unspecified atom stereocenters. The Labute approximate surface area is 153 Å². The molecule has 0 aromatic carbocycles. The van der Waals surface area contributed by atoms with Crippen LogP contribution in [0, 0.1) is 40.4 Å². The van der Waals surface area contributed by atoms with Gasteiger partial charge in [0.2, 0.25) is 0 Å². The predicted octanol–water partition coefficient (Wildman–Crippen LogP) is 5.15. The Morgan fingerprint density at radius 1 is 1.00 bits per heavy atom. The van der Waals surface area contributed by atoms with Crippen LogP contribution in [-0.4, -0.2) is 17.0 Å². The normalized spacial score (nSPS) is 52.0. The lowest BCUT2D eigenvalue weighted by atomic mass is 9.43. The minimum Gasteiger partial charge on any atom is -0.393 e. The predicted molar refractivity (Wildman–Crippen MR) is 101 cm³/mol. The molecule has 2 heteroatoms. The summed E-state index contributed by atoms with van der Waals surface area (Å²) in [5, 5.41) is 10.2. The molecule has 25 heavy (non-hydrogen) atoms. The molecule has 0 aliphatic heterocycles. The molecule has 1 N–H and O–H groups in total. The number of hydrogen-bond acceptors (Lipinski definition) is 2. The van der Waals surface area contributed by atoms with Gasteiger partial charge in [0.05, 0.1) is 6.10 Å². The Morgan fingerprint density at radius 2 is 1.76 bits per heavy atom. The molecule has 4 fully saturated rings. The first-order chi connectivity index (χ1) is 11.8. The number of aliphatic hydroxyl groups excluding tert-OH is 1. The maximum Gasteiger partial charge on any atom is 0.133 e. The van der Waals surface area contributed by atoms with Crippen molar-refractivity contribution in [1.29, 1.82) is 0 Å². The lowest BCUT2D eigenvalue weighted by Crippen LogP contribution is -2.55. The summed E-state index contributed by atoms with van der Waals surface area (Å²) in [4.78, 5) is 12.4. The number of carbonyl (C=O) groups excluding carboxylic acids is 1. The first kappa shape index (κ1) is 17.8. The average molecular weight is 345 g/mol. The Balaban J connectivity index is 1.67. The van der Waals surface area contributed by atoms with Gasteiger partial charge in [-0.25, -0.2) is 0 Å². The molecule has 140 valence electrons. The molecular formula is C23H36O2. The first-order valence-corrected chi connectivity index (χ1v) is 10.6. The van der Waals surface area contributed by atoms with E-state index in [4.69, 9.17) is 0 Å². The van der Waals surface area contributed by atoms with Gasteiger partial charge >= 0.3 is 0 Å². The van der Waals surface area contributed by atoms with Gasteiger partial charge in [0.15, 0.2) is 0 Å². The van der Waals surface area contributed by atoms with Crippen molar-refractivity contribution < 1.29 is 9.90 Å². The van der Waals surface area contributed by atoms with Crippen molar-refractivity contribution in [1.82, 2.24) is 0 Å². The molecule has 0 heterocycles. The highest BCUT2D eigenvalue weighted by Gasteiger charge is 2.62. The molecule has 2 nitrogen and oxygen atoms in total. The summed E-state index contributed by atoms with van der Waals surface area (Å²) >= 11 is 0. The molecule has 4 aliphatic carbocycles. The molecule has 0 spiro atoms. The van der Waals surface area contributed by atoms with Gasteiger partial charge in [0.1, 0.15) is 5.78 Å². The van der Waals surface area contributed by atoms with Gasteiger partial charge in [-0.05, 0) is 101 Å². The van der Waals surface area contributed by atoms with Crippen molar-refractivity contribution in [3.8, 4) is 0 Å². The molecule has 8 atom stereocenters. The van der Waals surface area contributed by atoms with E-state index >= 15 is 0 Å². The van der Waals surface area contributed by atoms with Crippen LogP contribution in [0.1, 0.15) is 78.6 Å². The fourth-order valence-corrected chi connectivity index (χ4v) is 8.31. The molecule has 4 saturated carbocycles. The van der Waals surface area contributed by atoms with Crippen LogP contribution in [0.4, 0.5) is 0 Å². The van der Waals surface area contributed by atoms with E-state index in [-0.39, 0.29) is 17.4 Å². The standard InChI is InChI=1S/C23H36O2/c1-14(2)23-12-10-20-18(21(23)8-7-19(23)15(3)24)6-5-16-13-17(25)9-11-22(16,20)4/h16-21,25H,1,5-13H2,2-4H3/t16-,17+,18+,19+,20-,21-,22-,23?/m0/s1. The zero-order chi connectivity index (χ0) is 18.0. The van der Waals surface area contributed by atoms with Crippen LogP contribution in [0.3, 0.4) is 0 Å². The third-order valence-electron chi connectivity index (χ3n) is 9.44. The van der Waals surface area contributed by atoms with Crippen molar-refractivity contribution in [2.45, 2.75) is 84.7 Å². The molecule has 4 rings (SSSR count). The lowest BCUT2D eigenvalue weighted by Gasteiger charge is -2.61. The fourth-order valence-electron chi connectivity index (χ4n) is 8.31. The molecule has 0 aromatic rings. The van der Waals surface area contributed by atoms with Gasteiger partial charge in [-0.15, -0.1) is 0 Å². The van der Waals surface area contributed by atoms with Crippen molar-refractivity contribution >= 4 is 5.78 Å². The van der Waals surface area contributed by atoms with Crippen LogP contribution in [0.2, 0.25) is 0 Å². The highest BCUT2D eigenvalue weighted by Crippen LogP contribution is 2.69. The maximum atomic E-state index is 12.4. The van der Waals surface area contributed by atoms with E-state index in [1.165, 1.54) is 44.1 Å². The van der Waals surface area contributed by atoms with E-state index in [1.54, 1.807) is 0 Å². The van der Waals surface area contributed by atoms with Gasteiger partial charge in [-0.3, -0.25) is 4.79 Å². The molecule has 0 bridgehead atoms. The minimum absolute atomic E-state index is 0.0682. The zero-order valence-electron chi connectivity index (χ0n) is 16.4. The number of Topliss-reactive ketones (excluding diaryl/α,β-unsaturated/α-hetero) is 1. The second kappa shape index (κ2) is 5.94. The number of fused-ring (bicyclic) bond motifs is 5. The van der Waals surface area contributed by atoms with Gasteiger partial charge in [-0.1, -0.05) is 19.1 Å². The van der Waals surface area contributed by atoms with Crippen molar-refractivity contribution in [3.05, 3.63) is 12.2 Å². The van der Waals surface area contributed by atoms with Gasteiger partial charge in [-0.2, -0.15) is 0 Å². The number of carbonyl (C=O) groups is 1. The number of hydrogen-bond donors (Lipinski definition) is 1. The molecule has 4 aliphatic rings. The molecule has 0 aromatic heterocycles. The quantitative estimate of drug-likeness (QED) is 0.703. The summed E-state index contributed by atoms with van der Waals surface area (Å²) in [6, 6.07) is 0. The molecule has 0 amide bonds. The van der Waals surface area contributed by atoms with Gasteiger partial charge < -0.3 is 5.11 Å². The van der Waals surface area contributed by atoms with Crippen molar-refractivity contribution in [3.63, 3.8) is 0 Å². The number of rotatable bonds is 2. The zero-order valence-corrected chi connectivity index (χ0v) is 16.4. The highest BCUT2D eigenvalue weighted by molar-refractivity contribution is 5.80. The van der Waals surface area contributed by atoms with Gasteiger partial charge in [0.25, 0.3) is 0 Å². The Bertz CT molecular complexity index is 581. The third-order valence-corrected chi connectivity index (χ3v) is 9.44. The number of ketones is 1. The van der Waals surface area contributed by atoms with E-state index in [9.17, 15) is 9.90 Å². The topological polar surface area (TPSA) is 37.3 Å². The summed E-state index contributed by atoms with van der Waals surface area (Å²) in [5.41, 5.74) is 1.78. The van der Waals surface area contributed by atoms with Crippen LogP contribution >= 0.6 is 0 Å². The average Bonchev–Trinajstić information content (AvgIpc) is 2.96. The second-order valence-electron chi connectivity index (χ2n) is 10.2. The monoisotopic (exact) mass is 344 g/mol. The van der Waals surface area contributed by atoms with Crippen LogP contribution in [0.5, 0.6) is 0 Å². The third kappa shape index (κ3) is 2.35. The van der Waals surface area contributed by atoms with E-state index in [0.717, 1.165) is 31.1 Å². The van der Waals surface area contributed by atoms with Crippen molar-refractivity contribution in [2.24, 2.45) is 40.4 Å². The van der Waals surface area contributed by atoms with Crippen LogP contribution in [0.15, 0.2) is 12.2 Å². The van der Waals surface area contributed by atoms with Crippen molar-refractivity contribution in [2.75, 3.05) is 0 Å². The molecule has 0 saturated heterocycles. The maximum absolute atomic E-state index is 12.4. The van der Waals surface area contributed by atoms with Crippen LogP contribution in [0.25, 0.3) is 0 Å². The largest absolute Gasteiger partial charge is 0.393 e. The molecular weight excluding hydrogens is 308 g/mol. The summed E-state index contributed by atoms with van der Waals surface area (Å²) < 4.78 is 0. The highest BCUT2D eigenvalue weighted by atomic mass is 16.3. The fraction of sp³-hybridized carbons (Fsp3) is 0.870. The Kier molecular flexibility index (Phi) is 4.22. The lowest BCUT2D eigenvalue weighted by molar-refractivity contribution is -0.135. The number of allylic oxidation sites excluding steroid dienone is 1. The van der Waals surface area contributed by atoms with E-state index in [2.05, 4.69) is 20.4 Å².